The maximum atomic E-state index is 11.1. The predicted octanol–water partition coefficient (Wildman–Crippen LogP) is 0.364. The van der Waals surface area contributed by atoms with Gasteiger partial charge in [0.25, 0.3) is 0 Å². The van der Waals surface area contributed by atoms with Crippen LogP contribution in [0.5, 0.6) is 0 Å². The molecule has 78 valence electrons. The summed E-state index contributed by atoms with van der Waals surface area (Å²) in [5.41, 5.74) is 3.23. The Morgan fingerprint density at radius 3 is 2.57 bits per heavy atom. The zero-order chi connectivity index (χ0) is 10.8. The lowest BCUT2D eigenvalue weighted by Gasteiger charge is -2.32. The molecule has 1 amide bonds. The van der Waals surface area contributed by atoms with Crippen molar-refractivity contribution in [1.82, 2.24) is 5.32 Å². The molecule has 1 rings (SSSR count). The van der Waals surface area contributed by atoms with Crippen LogP contribution in [0.25, 0.3) is 0 Å². The van der Waals surface area contributed by atoms with Crippen molar-refractivity contribution in [2.45, 2.75) is 32.1 Å². The molecule has 0 aromatic heterocycles. The highest BCUT2D eigenvalue weighted by molar-refractivity contribution is 6.83. The molecule has 0 spiro atoms. The van der Waals surface area contributed by atoms with Crippen molar-refractivity contribution in [2.75, 3.05) is 6.61 Å². The van der Waals surface area contributed by atoms with Crippen molar-refractivity contribution >= 4 is 14.0 Å². The minimum Gasteiger partial charge on any atom is -0.396 e. The van der Waals surface area contributed by atoms with Crippen molar-refractivity contribution in [2.24, 2.45) is 5.92 Å². The summed E-state index contributed by atoms with van der Waals surface area (Å²) in [7, 11) is -1.35. The molecule has 14 heavy (non-hydrogen) atoms. The van der Waals surface area contributed by atoms with Crippen LogP contribution in [0.15, 0.2) is 0 Å². The van der Waals surface area contributed by atoms with Gasteiger partial charge in [0.05, 0.1) is 5.92 Å². The zero-order valence-electron chi connectivity index (χ0n) is 8.92. The highest BCUT2D eigenvalue weighted by atomic mass is 28.3. The van der Waals surface area contributed by atoms with Gasteiger partial charge in [0.2, 0.25) is 5.91 Å². The fourth-order valence-electron chi connectivity index (χ4n) is 1.28. The third-order valence-electron chi connectivity index (χ3n) is 2.08. The van der Waals surface area contributed by atoms with Gasteiger partial charge in [-0.2, -0.15) is 0 Å². The van der Waals surface area contributed by atoms with Crippen LogP contribution < -0.4 is 5.32 Å². The van der Waals surface area contributed by atoms with Gasteiger partial charge in [-0.25, -0.2) is 0 Å². The van der Waals surface area contributed by atoms with Gasteiger partial charge in [-0.3, -0.25) is 4.79 Å². The van der Waals surface area contributed by atoms with Crippen LogP contribution in [0.3, 0.4) is 0 Å². The third kappa shape index (κ3) is 2.86. The summed E-state index contributed by atoms with van der Waals surface area (Å²) in [5.74, 6) is 3.02. The van der Waals surface area contributed by atoms with Crippen LogP contribution in [0, 0.1) is 17.4 Å². The van der Waals surface area contributed by atoms with Crippen LogP contribution in [0.2, 0.25) is 19.6 Å². The highest BCUT2D eigenvalue weighted by Crippen LogP contribution is 2.18. The molecule has 0 radical (unpaired) electrons. The average Bonchev–Trinajstić information content (AvgIpc) is 2.06. The number of hydrogen-bond acceptors (Lipinski definition) is 2. The minimum atomic E-state index is -1.35. The van der Waals surface area contributed by atoms with Crippen molar-refractivity contribution in [3.63, 3.8) is 0 Å². The summed E-state index contributed by atoms with van der Waals surface area (Å²) in [4.78, 5) is 11.1. The van der Waals surface area contributed by atoms with E-state index in [-0.39, 0.29) is 24.5 Å². The second kappa shape index (κ2) is 4.16. The van der Waals surface area contributed by atoms with E-state index in [4.69, 9.17) is 5.11 Å². The largest absolute Gasteiger partial charge is 0.396 e. The van der Waals surface area contributed by atoms with E-state index in [1.54, 1.807) is 0 Å². The fourth-order valence-corrected chi connectivity index (χ4v) is 1.87. The van der Waals surface area contributed by atoms with Crippen LogP contribution in [-0.2, 0) is 4.79 Å². The zero-order valence-corrected chi connectivity index (χ0v) is 9.92. The first-order valence-electron chi connectivity index (χ1n) is 4.88. The molecule has 1 fully saturated rings. The van der Waals surface area contributed by atoms with Gasteiger partial charge < -0.3 is 10.4 Å². The van der Waals surface area contributed by atoms with Crippen LogP contribution >= 0.6 is 0 Å². The van der Waals surface area contributed by atoms with E-state index in [0.29, 0.717) is 6.42 Å². The molecule has 1 heterocycles. The molecule has 0 aromatic carbocycles. The number of aliphatic hydroxyl groups excluding tert-OH is 1. The van der Waals surface area contributed by atoms with E-state index in [0.717, 1.165) is 0 Å². The van der Waals surface area contributed by atoms with Crippen LogP contribution in [0.4, 0.5) is 0 Å². The number of nitrogens with one attached hydrogen (secondary N) is 1. The molecular weight excluding hydrogens is 194 g/mol. The van der Waals surface area contributed by atoms with Crippen molar-refractivity contribution in [3.8, 4) is 11.5 Å². The van der Waals surface area contributed by atoms with Gasteiger partial charge in [-0.05, 0) is 6.42 Å². The summed E-state index contributed by atoms with van der Waals surface area (Å²) in [6.07, 6.45) is 0.525. The minimum absolute atomic E-state index is 0.0222. The SMILES string of the molecule is C[Si](C)(C)C#C[C@@H]1NC(=O)[C@@H]1CCO. The van der Waals surface area contributed by atoms with Gasteiger partial charge in [0.1, 0.15) is 14.1 Å². The number of amides is 1. The number of rotatable bonds is 2. The summed E-state index contributed by atoms with van der Waals surface area (Å²) in [6, 6.07) is -0.0265. The standard InChI is InChI=1S/C10H17NO2Si/c1-14(2,3)7-5-9-8(4-6-12)10(13)11-9/h8-9,12H,4,6H2,1-3H3,(H,11,13)/t8-,9+/m1/s1. The van der Waals surface area contributed by atoms with Gasteiger partial charge in [-0.15, -0.1) is 5.54 Å². The topological polar surface area (TPSA) is 49.3 Å². The Balaban J connectivity index is 2.54. The van der Waals surface area contributed by atoms with E-state index < -0.39 is 8.07 Å². The maximum Gasteiger partial charge on any atom is 0.227 e. The number of carbonyl (C=O) groups is 1. The normalized spacial score (nSPS) is 25.9. The Morgan fingerprint density at radius 2 is 2.14 bits per heavy atom. The van der Waals surface area contributed by atoms with Crippen molar-refractivity contribution in [3.05, 3.63) is 0 Å². The molecule has 1 aliphatic heterocycles. The Hall–Kier alpha value is -0.793. The predicted molar refractivity (Wildman–Crippen MR) is 58.2 cm³/mol. The lowest BCUT2D eigenvalue weighted by atomic mass is 9.88. The number of β-lactam (4-membered cyclic amide) rings is 1. The second-order valence-electron chi connectivity index (χ2n) is 4.62. The van der Waals surface area contributed by atoms with Crippen molar-refractivity contribution in [1.29, 1.82) is 0 Å². The Kier molecular flexibility index (Phi) is 3.35. The Bertz CT molecular complexity index is 285. The van der Waals surface area contributed by atoms with E-state index in [1.165, 1.54) is 0 Å². The van der Waals surface area contributed by atoms with E-state index in [9.17, 15) is 4.79 Å². The average molecular weight is 211 g/mol. The van der Waals surface area contributed by atoms with Gasteiger partial charge in [-0.1, -0.05) is 25.6 Å². The lowest BCUT2D eigenvalue weighted by Crippen LogP contribution is -2.57. The Labute approximate surface area is 85.9 Å². The molecule has 2 atom stereocenters. The maximum absolute atomic E-state index is 11.1. The second-order valence-corrected chi connectivity index (χ2v) is 9.37. The van der Waals surface area contributed by atoms with Gasteiger partial charge >= 0.3 is 0 Å². The molecule has 3 nitrogen and oxygen atoms in total. The van der Waals surface area contributed by atoms with Gasteiger partial charge in [0.15, 0.2) is 0 Å². The van der Waals surface area contributed by atoms with Crippen LogP contribution in [0.1, 0.15) is 6.42 Å². The fraction of sp³-hybridized carbons (Fsp3) is 0.700. The first-order chi connectivity index (χ1) is 6.44. The summed E-state index contributed by atoms with van der Waals surface area (Å²) in [5, 5.41) is 11.5. The summed E-state index contributed by atoms with van der Waals surface area (Å²) in [6.45, 7) is 6.56. The molecule has 0 saturated carbocycles. The van der Waals surface area contributed by atoms with Gasteiger partial charge in [0, 0.05) is 6.61 Å². The molecule has 0 bridgehead atoms. The monoisotopic (exact) mass is 211 g/mol. The van der Waals surface area contributed by atoms with Crippen LogP contribution in [-0.4, -0.2) is 31.7 Å². The lowest BCUT2D eigenvalue weighted by molar-refractivity contribution is -0.133. The molecule has 0 unspecified atom stereocenters. The molecular formula is C10H17NO2Si. The molecule has 4 heteroatoms. The van der Waals surface area contributed by atoms with E-state index >= 15 is 0 Å². The summed E-state index contributed by atoms with van der Waals surface area (Å²) >= 11 is 0. The first-order valence-corrected chi connectivity index (χ1v) is 8.38. The van der Waals surface area contributed by atoms with Crippen molar-refractivity contribution < 1.29 is 9.90 Å². The smallest absolute Gasteiger partial charge is 0.227 e. The molecule has 1 saturated heterocycles. The highest BCUT2D eigenvalue weighted by Gasteiger charge is 2.37. The summed E-state index contributed by atoms with van der Waals surface area (Å²) < 4.78 is 0. The third-order valence-corrected chi connectivity index (χ3v) is 2.97. The number of carbonyl (C=O) groups excluding carboxylic acids is 1. The number of hydrogen-bond donors (Lipinski definition) is 2. The molecule has 2 N–H and O–H groups in total. The van der Waals surface area contributed by atoms with E-state index in [2.05, 4.69) is 36.4 Å². The number of aliphatic hydroxyl groups is 1. The van der Waals surface area contributed by atoms with E-state index in [1.807, 2.05) is 0 Å². The first kappa shape index (κ1) is 11.3. The molecule has 0 aliphatic carbocycles. The molecule has 0 aromatic rings. The Morgan fingerprint density at radius 1 is 1.50 bits per heavy atom. The molecule has 1 aliphatic rings. The quantitative estimate of drug-likeness (QED) is 0.394.